The highest BCUT2D eigenvalue weighted by Gasteiger charge is 2.34. The molecular formula is C37H42ClN9O5S2. The van der Waals surface area contributed by atoms with E-state index in [-0.39, 0.29) is 25.1 Å². The number of amidine groups is 1. The van der Waals surface area contributed by atoms with Crippen LogP contribution in [0, 0.1) is 11.3 Å². The van der Waals surface area contributed by atoms with Gasteiger partial charge in [-0.2, -0.15) is 5.26 Å². The molecule has 3 aliphatic heterocycles. The van der Waals surface area contributed by atoms with Crippen LogP contribution in [0.4, 0.5) is 4.79 Å². The zero-order valence-electron chi connectivity index (χ0n) is 30.2. The minimum absolute atomic E-state index is 0.0113. The number of rotatable bonds is 13. The smallest absolute Gasteiger partial charge is 0.408 e. The topological polar surface area (TPSA) is 200 Å². The van der Waals surface area contributed by atoms with Crippen LogP contribution >= 0.6 is 35.1 Å². The number of nitrogens with one attached hydrogen (secondary N) is 2. The second kappa shape index (κ2) is 18.9. The Morgan fingerprint density at radius 3 is 2.59 bits per heavy atom. The van der Waals surface area contributed by atoms with Crippen molar-refractivity contribution in [3.63, 3.8) is 0 Å². The molecule has 1 saturated heterocycles. The lowest BCUT2D eigenvalue weighted by molar-refractivity contribution is -0.146. The number of amides is 1. The van der Waals surface area contributed by atoms with Crippen molar-refractivity contribution < 1.29 is 23.8 Å². The molecule has 284 valence electrons. The summed E-state index contributed by atoms with van der Waals surface area (Å²) in [5.74, 6) is 1.11. The van der Waals surface area contributed by atoms with Crippen LogP contribution < -0.4 is 21.1 Å². The number of hydrogen-bond donors (Lipinski definition) is 3. The fourth-order valence-corrected chi connectivity index (χ4v) is 8.04. The van der Waals surface area contributed by atoms with Gasteiger partial charge in [0.2, 0.25) is 0 Å². The molecule has 2 unspecified atom stereocenters. The highest BCUT2D eigenvalue weighted by molar-refractivity contribution is 8.03. The molecule has 17 heteroatoms. The summed E-state index contributed by atoms with van der Waals surface area (Å²) in [7, 11) is 0. The number of dihydropyridines is 1. The van der Waals surface area contributed by atoms with Crippen molar-refractivity contribution >= 4 is 58.6 Å². The fourth-order valence-electron chi connectivity index (χ4n) is 5.80. The SMILES string of the molecule is CC(C)(C)OC(=O)N[C@@H](CN=[N+]=[N-])C(=O)OCCOc1ccc(C2=C(C#N)C(SCC3=CSC(c4ccc(Cl)cc4)N3)N=C(N3CCCC3)C2=CN)cc1. The number of azide groups is 1. The first-order valence-electron chi connectivity index (χ1n) is 17.3. The highest BCUT2D eigenvalue weighted by Crippen LogP contribution is 2.41. The minimum Gasteiger partial charge on any atom is -0.490 e. The Kier molecular flexibility index (Phi) is 14.1. The summed E-state index contributed by atoms with van der Waals surface area (Å²) in [4.78, 5) is 34.8. The van der Waals surface area contributed by atoms with Gasteiger partial charge in [-0.1, -0.05) is 41.0 Å². The quantitative estimate of drug-likeness (QED) is 0.0619. The number of halogens is 1. The Balaban J connectivity index is 1.25. The number of thioether (sulfide) groups is 2. The number of carbonyl (C=O) groups is 2. The molecule has 1 fully saturated rings. The zero-order chi connectivity index (χ0) is 38.7. The summed E-state index contributed by atoms with van der Waals surface area (Å²) in [6, 6.07) is 16.3. The van der Waals surface area contributed by atoms with E-state index in [4.69, 9.17) is 42.1 Å². The van der Waals surface area contributed by atoms with Crippen molar-refractivity contribution in [2.75, 3.05) is 38.6 Å². The third kappa shape index (κ3) is 10.8. The molecule has 3 aliphatic rings. The number of nitriles is 1. The molecule has 0 bridgehead atoms. The minimum atomic E-state index is -1.23. The number of nitrogens with zero attached hydrogens (tertiary/aromatic N) is 6. The van der Waals surface area contributed by atoms with Crippen molar-refractivity contribution in [1.29, 1.82) is 5.26 Å². The number of likely N-dealkylation sites (tertiary alicyclic amines) is 1. The van der Waals surface area contributed by atoms with Gasteiger partial charge < -0.3 is 35.5 Å². The molecule has 14 nitrogen and oxygen atoms in total. The van der Waals surface area contributed by atoms with Gasteiger partial charge in [0.25, 0.3) is 0 Å². The maximum absolute atomic E-state index is 12.6. The van der Waals surface area contributed by atoms with Gasteiger partial charge in [-0.25, -0.2) is 14.6 Å². The lowest BCUT2D eigenvalue weighted by Crippen LogP contribution is -2.46. The van der Waals surface area contributed by atoms with Crippen LogP contribution in [0.3, 0.4) is 0 Å². The Hall–Kier alpha value is -4.94. The lowest BCUT2D eigenvalue weighted by Gasteiger charge is -2.31. The van der Waals surface area contributed by atoms with Crippen LogP contribution in [0.5, 0.6) is 5.75 Å². The molecule has 0 aromatic heterocycles. The molecule has 1 amide bonds. The van der Waals surface area contributed by atoms with Gasteiger partial charge in [0.15, 0.2) is 0 Å². The molecule has 0 radical (unpaired) electrons. The van der Waals surface area contributed by atoms with Crippen molar-refractivity contribution in [2.24, 2.45) is 15.8 Å². The van der Waals surface area contributed by atoms with Gasteiger partial charge in [-0.3, -0.25) is 0 Å². The summed E-state index contributed by atoms with van der Waals surface area (Å²) >= 11 is 9.37. The number of esters is 1. The number of hydrogen-bond acceptors (Lipinski definition) is 13. The maximum Gasteiger partial charge on any atom is 0.408 e. The largest absolute Gasteiger partial charge is 0.490 e. The van der Waals surface area contributed by atoms with E-state index < -0.39 is 29.1 Å². The van der Waals surface area contributed by atoms with E-state index in [9.17, 15) is 14.9 Å². The number of alkyl carbamates (subject to hydrolysis) is 1. The molecule has 2 aromatic rings. The van der Waals surface area contributed by atoms with E-state index in [0.29, 0.717) is 27.7 Å². The summed E-state index contributed by atoms with van der Waals surface area (Å²) < 4.78 is 16.3. The Labute approximate surface area is 327 Å². The third-order valence-electron chi connectivity index (χ3n) is 8.23. The molecule has 2 aromatic carbocycles. The number of aliphatic imine (C=N–C) groups is 1. The molecule has 54 heavy (non-hydrogen) atoms. The molecule has 0 saturated carbocycles. The van der Waals surface area contributed by atoms with Crippen LogP contribution in [0.1, 0.15) is 50.1 Å². The molecule has 5 rings (SSSR count). The van der Waals surface area contributed by atoms with Gasteiger partial charge in [0.1, 0.15) is 47.2 Å². The maximum atomic E-state index is 12.6. The van der Waals surface area contributed by atoms with E-state index in [1.807, 2.05) is 36.4 Å². The molecule has 0 spiro atoms. The van der Waals surface area contributed by atoms with Crippen molar-refractivity contribution in [2.45, 2.75) is 56.0 Å². The van der Waals surface area contributed by atoms with Crippen molar-refractivity contribution in [3.8, 4) is 11.8 Å². The van der Waals surface area contributed by atoms with E-state index in [2.05, 4.69) is 37.0 Å². The first kappa shape index (κ1) is 40.2. The number of ether oxygens (including phenoxy) is 3. The Morgan fingerprint density at radius 2 is 1.94 bits per heavy atom. The summed E-state index contributed by atoms with van der Waals surface area (Å²) in [6.07, 6.45) is 2.79. The summed E-state index contributed by atoms with van der Waals surface area (Å²) in [5, 5.41) is 22.3. The molecule has 3 heterocycles. The van der Waals surface area contributed by atoms with Gasteiger partial charge in [0.05, 0.1) is 18.2 Å². The first-order chi connectivity index (χ1) is 26.0. The average Bonchev–Trinajstić information content (AvgIpc) is 3.87. The number of carbonyl (C=O) groups excluding carboxylic acids is 2. The van der Waals surface area contributed by atoms with Gasteiger partial charge in [-0.05, 0) is 79.9 Å². The predicted octanol–water partition coefficient (Wildman–Crippen LogP) is 7.03. The summed E-state index contributed by atoms with van der Waals surface area (Å²) in [6.45, 7) is 6.29. The van der Waals surface area contributed by atoms with E-state index in [1.165, 1.54) is 6.20 Å². The standard InChI is InChI=1S/C37H42ClN9O5S2/c1-37(2,3)52-36(49)44-30(20-42-46-41)35(48)51-17-16-50-27-12-8-23(9-13-27)31-28(18-39)32(47-14-4-5-15-47)45-34(29(31)19-40)54-22-26-21-53-33(43-26)24-6-10-25(38)11-7-24/h6-13,18,21,30,33-34,43H,4-5,14-17,20,22,39H2,1-3H3,(H,44,49)/t30-,33?,34?/m0/s1. The fraction of sp³-hybridized carbons (Fsp3) is 0.405. The Bertz CT molecular complexity index is 1890. The second-order valence-electron chi connectivity index (χ2n) is 13.3. The van der Waals surface area contributed by atoms with Crippen LogP contribution in [-0.2, 0) is 14.3 Å². The van der Waals surface area contributed by atoms with Crippen molar-refractivity contribution in [1.82, 2.24) is 15.5 Å². The Morgan fingerprint density at radius 1 is 1.22 bits per heavy atom. The number of benzene rings is 2. The van der Waals surface area contributed by atoms with Crippen LogP contribution in [-0.4, -0.2) is 78.4 Å². The van der Waals surface area contributed by atoms with E-state index >= 15 is 0 Å². The highest BCUT2D eigenvalue weighted by atomic mass is 35.5. The molecule has 4 N–H and O–H groups in total. The zero-order valence-corrected chi connectivity index (χ0v) is 32.5. The van der Waals surface area contributed by atoms with E-state index in [1.54, 1.807) is 56.4 Å². The van der Waals surface area contributed by atoms with Gasteiger partial charge in [0, 0.05) is 51.8 Å². The third-order valence-corrected chi connectivity index (χ3v) is 10.7. The predicted molar refractivity (Wildman–Crippen MR) is 212 cm³/mol. The average molecular weight is 792 g/mol. The monoisotopic (exact) mass is 791 g/mol. The van der Waals surface area contributed by atoms with E-state index in [0.717, 1.165) is 54.2 Å². The normalized spacial score (nSPS) is 19.5. The molecule has 0 aliphatic carbocycles. The van der Waals surface area contributed by atoms with Gasteiger partial charge in [-0.15, -0.1) is 23.5 Å². The second-order valence-corrected chi connectivity index (χ2v) is 15.8. The lowest BCUT2D eigenvalue weighted by atomic mass is 9.90. The molecule has 3 atom stereocenters. The first-order valence-corrected chi connectivity index (χ1v) is 19.6. The van der Waals surface area contributed by atoms with Crippen LogP contribution in [0.2, 0.25) is 5.02 Å². The summed E-state index contributed by atoms with van der Waals surface area (Å²) in [5.41, 5.74) is 19.1. The van der Waals surface area contributed by atoms with Crippen LogP contribution in [0.25, 0.3) is 16.0 Å². The number of nitrogens with two attached hydrogens (primary N) is 1. The molecular weight excluding hydrogens is 750 g/mol. The van der Waals surface area contributed by atoms with Crippen molar-refractivity contribution in [3.05, 3.63) is 104 Å². The van der Waals surface area contributed by atoms with Gasteiger partial charge >= 0.3 is 12.1 Å². The van der Waals surface area contributed by atoms with Crippen LogP contribution in [0.15, 0.2) is 87.1 Å².